The van der Waals surface area contributed by atoms with Gasteiger partial charge in [0.25, 0.3) is 0 Å². The minimum absolute atomic E-state index is 0.0300. The smallest absolute Gasteiger partial charge is 0.306 e. The summed E-state index contributed by atoms with van der Waals surface area (Å²) in [6.07, 6.45) is 0.332. The minimum Gasteiger partial charge on any atom is -0.486 e. The zero-order valence-electron chi connectivity index (χ0n) is 10.3. The van der Waals surface area contributed by atoms with Gasteiger partial charge in [-0.3, -0.25) is 4.79 Å². The number of fused-ring (bicyclic) bond motifs is 1. The van der Waals surface area contributed by atoms with Gasteiger partial charge in [-0.25, -0.2) is 0 Å². The number of para-hydroxylation sites is 2. The number of esters is 1. The summed E-state index contributed by atoms with van der Waals surface area (Å²) < 4.78 is 15.9. The fourth-order valence-electron chi connectivity index (χ4n) is 1.72. The molecule has 1 N–H and O–H groups in total. The summed E-state index contributed by atoms with van der Waals surface area (Å²) in [4.78, 5) is 10.9. The van der Waals surface area contributed by atoms with Crippen molar-refractivity contribution in [2.45, 2.75) is 12.5 Å². The lowest BCUT2D eigenvalue weighted by Crippen LogP contribution is -2.39. The van der Waals surface area contributed by atoms with Crippen molar-refractivity contribution in [3.8, 4) is 11.5 Å². The van der Waals surface area contributed by atoms with Crippen molar-refractivity contribution in [1.82, 2.24) is 5.32 Å². The van der Waals surface area contributed by atoms with E-state index in [1.807, 2.05) is 24.3 Å². The number of rotatable bonds is 5. The zero-order valence-corrected chi connectivity index (χ0v) is 10.3. The van der Waals surface area contributed by atoms with E-state index >= 15 is 0 Å². The second-order valence-corrected chi connectivity index (χ2v) is 4.03. The Morgan fingerprint density at radius 1 is 1.44 bits per heavy atom. The molecule has 2 rings (SSSR count). The molecule has 1 heterocycles. The maximum atomic E-state index is 10.9. The molecule has 1 atom stereocenters. The summed E-state index contributed by atoms with van der Waals surface area (Å²) >= 11 is 0. The second-order valence-electron chi connectivity index (χ2n) is 4.03. The summed E-state index contributed by atoms with van der Waals surface area (Å²) in [6.45, 7) is 1.74. The van der Waals surface area contributed by atoms with Crippen LogP contribution in [0.1, 0.15) is 6.42 Å². The summed E-state index contributed by atoms with van der Waals surface area (Å²) in [5.74, 6) is 1.33. The van der Waals surface area contributed by atoms with Gasteiger partial charge in [0.1, 0.15) is 12.7 Å². The Morgan fingerprint density at radius 3 is 3.00 bits per heavy atom. The summed E-state index contributed by atoms with van der Waals surface area (Å²) in [5.41, 5.74) is 0. The van der Waals surface area contributed by atoms with Crippen LogP contribution in [0.4, 0.5) is 0 Å². The van der Waals surface area contributed by atoms with Crippen LogP contribution in [0.5, 0.6) is 11.5 Å². The number of carbonyl (C=O) groups excluding carboxylic acids is 1. The molecule has 1 unspecified atom stereocenters. The maximum Gasteiger partial charge on any atom is 0.306 e. The molecule has 5 heteroatoms. The standard InChI is InChI=1S/C13H17NO4/c1-16-13(15)6-7-14-8-10-9-17-11-4-2-3-5-12(11)18-10/h2-5,10,14H,6-9H2,1H3. The average Bonchev–Trinajstić information content (AvgIpc) is 2.43. The number of carbonyl (C=O) groups is 1. The van der Waals surface area contributed by atoms with Crippen LogP contribution in [0.15, 0.2) is 24.3 Å². The number of nitrogens with one attached hydrogen (secondary N) is 1. The number of ether oxygens (including phenoxy) is 3. The van der Waals surface area contributed by atoms with Gasteiger partial charge in [0.2, 0.25) is 0 Å². The normalized spacial score (nSPS) is 17.3. The van der Waals surface area contributed by atoms with Gasteiger partial charge in [-0.15, -0.1) is 0 Å². The van der Waals surface area contributed by atoms with Crippen molar-refractivity contribution in [2.24, 2.45) is 0 Å². The maximum absolute atomic E-state index is 10.9. The zero-order chi connectivity index (χ0) is 12.8. The molecular formula is C13H17NO4. The SMILES string of the molecule is COC(=O)CCNCC1COc2ccccc2O1. The van der Waals surface area contributed by atoms with Crippen molar-refractivity contribution < 1.29 is 19.0 Å². The fraction of sp³-hybridized carbons (Fsp3) is 0.462. The third-order valence-electron chi connectivity index (χ3n) is 2.67. The van der Waals surface area contributed by atoms with E-state index in [0.29, 0.717) is 26.1 Å². The van der Waals surface area contributed by atoms with Crippen LogP contribution in [0.25, 0.3) is 0 Å². The predicted octanol–water partition coefficient (Wildman–Crippen LogP) is 0.979. The Balaban J connectivity index is 1.72. The molecule has 0 bridgehead atoms. The molecule has 5 nitrogen and oxygen atoms in total. The lowest BCUT2D eigenvalue weighted by Gasteiger charge is -2.26. The molecule has 1 aliphatic rings. The first kappa shape index (κ1) is 12.7. The highest BCUT2D eigenvalue weighted by molar-refractivity contribution is 5.69. The van der Waals surface area contributed by atoms with E-state index in [1.54, 1.807) is 0 Å². The lowest BCUT2D eigenvalue weighted by molar-refractivity contribution is -0.140. The molecule has 1 aromatic rings. The van der Waals surface area contributed by atoms with Crippen molar-refractivity contribution in [3.05, 3.63) is 24.3 Å². The number of hydrogen-bond donors (Lipinski definition) is 1. The number of hydrogen-bond acceptors (Lipinski definition) is 5. The first-order valence-electron chi connectivity index (χ1n) is 5.95. The predicted molar refractivity (Wildman–Crippen MR) is 65.9 cm³/mol. The van der Waals surface area contributed by atoms with E-state index in [2.05, 4.69) is 10.1 Å². The lowest BCUT2D eigenvalue weighted by atomic mass is 10.2. The fourth-order valence-corrected chi connectivity index (χ4v) is 1.72. The van der Waals surface area contributed by atoms with Gasteiger partial charge in [0, 0.05) is 13.1 Å². The Kier molecular flexibility index (Phi) is 4.41. The Morgan fingerprint density at radius 2 is 2.22 bits per heavy atom. The van der Waals surface area contributed by atoms with E-state index in [1.165, 1.54) is 7.11 Å². The van der Waals surface area contributed by atoms with Gasteiger partial charge < -0.3 is 19.5 Å². The van der Waals surface area contributed by atoms with Gasteiger partial charge in [-0.1, -0.05) is 12.1 Å². The largest absolute Gasteiger partial charge is 0.486 e. The molecule has 0 aliphatic carbocycles. The van der Waals surface area contributed by atoms with Gasteiger partial charge in [-0.2, -0.15) is 0 Å². The van der Waals surface area contributed by atoms with Gasteiger partial charge in [0.15, 0.2) is 11.5 Å². The molecule has 1 aliphatic heterocycles. The van der Waals surface area contributed by atoms with Crippen molar-refractivity contribution in [2.75, 3.05) is 26.8 Å². The molecule has 0 amide bonds. The quantitative estimate of drug-likeness (QED) is 0.624. The van der Waals surface area contributed by atoms with Crippen molar-refractivity contribution >= 4 is 5.97 Å². The average molecular weight is 251 g/mol. The number of methoxy groups -OCH3 is 1. The van der Waals surface area contributed by atoms with Gasteiger partial charge in [-0.05, 0) is 12.1 Å². The topological polar surface area (TPSA) is 56.8 Å². The Bertz CT molecular complexity index is 408. The molecule has 98 valence electrons. The van der Waals surface area contributed by atoms with Crippen LogP contribution in [0.3, 0.4) is 0 Å². The van der Waals surface area contributed by atoms with Crippen molar-refractivity contribution in [3.63, 3.8) is 0 Å². The van der Waals surface area contributed by atoms with Crippen LogP contribution in [0.2, 0.25) is 0 Å². The van der Waals surface area contributed by atoms with Gasteiger partial charge in [0.05, 0.1) is 13.5 Å². The molecule has 0 saturated heterocycles. The third kappa shape index (κ3) is 3.37. The van der Waals surface area contributed by atoms with Gasteiger partial charge >= 0.3 is 5.97 Å². The number of benzene rings is 1. The molecule has 0 fully saturated rings. The second kappa shape index (κ2) is 6.26. The summed E-state index contributed by atoms with van der Waals surface area (Å²) in [5, 5.41) is 3.15. The van der Waals surface area contributed by atoms with Crippen molar-refractivity contribution in [1.29, 1.82) is 0 Å². The summed E-state index contributed by atoms with van der Waals surface area (Å²) in [7, 11) is 1.39. The Labute approximate surface area is 106 Å². The molecule has 1 aromatic carbocycles. The third-order valence-corrected chi connectivity index (χ3v) is 2.67. The van der Waals surface area contributed by atoms with Crippen LogP contribution in [0, 0.1) is 0 Å². The molecule has 18 heavy (non-hydrogen) atoms. The van der Waals surface area contributed by atoms with E-state index in [-0.39, 0.29) is 12.1 Å². The minimum atomic E-state index is -0.214. The molecule has 0 spiro atoms. The highest BCUT2D eigenvalue weighted by Crippen LogP contribution is 2.30. The highest BCUT2D eigenvalue weighted by Gasteiger charge is 2.19. The van der Waals surface area contributed by atoms with E-state index in [4.69, 9.17) is 9.47 Å². The van der Waals surface area contributed by atoms with Crippen LogP contribution in [-0.2, 0) is 9.53 Å². The van der Waals surface area contributed by atoms with E-state index in [0.717, 1.165) is 11.5 Å². The van der Waals surface area contributed by atoms with Crippen LogP contribution >= 0.6 is 0 Å². The molecular weight excluding hydrogens is 234 g/mol. The highest BCUT2D eigenvalue weighted by atomic mass is 16.6. The Hall–Kier alpha value is -1.75. The molecule has 0 aromatic heterocycles. The van der Waals surface area contributed by atoms with E-state index in [9.17, 15) is 4.79 Å². The first-order valence-corrected chi connectivity index (χ1v) is 5.95. The molecule has 0 radical (unpaired) electrons. The van der Waals surface area contributed by atoms with Crippen LogP contribution < -0.4 is 14.8 Å². The molecule has 0 saturated carbocycles. The van der Waals surface area contributed by atoms with Crippen LogP contribution in [-0.4, -0.2) is 38.9 Å². The monoisotopic (exact) mass is 251 g/mol. The summed E-state index contributed by atoms with van der Waals surface area (Å²) in [6, 6.07) is 7.60. The van der Waals surface area contributed by atoms with E-state index < -0.39 is 0 Å². The first-order chi connectivity index (χ1) is 8.79.